The number of anilines is 1. The van der Waals surface area contributed by atoms with Crippen molar-refractivity contribution >= 4 is 58.2 Å². The van der Waals surface area contributed by atoms with Crippen molar-refractivity contribution in [3.05, 3.63) is 109 Å². The minimum Gasteiger partial charge on any atom is -0.357 e. The van der Waals surface area contributed by atoms with E-state index in [-0.39, 0.29) is 27.1 Å². The summed E-state index contributed by atoms with van der Waals surface area (Å²) in [5, 5.41) is 14.8. The molecular weight excluding hydrogens is 461 g/mol. The van der Waals surface area contributed by atoms with E-state index in [1.165, 1.54) is 17.0 Å². The van der Waals surface area contributed by atoms with E-state index in [9.17, 15) is 14.9 Å². The molecule has 1 saturated heterocycles. The molecule has 0 spiro atoms. The second-order valence-corrected chi connectivity index (χ2v) is 7.95. The molecular formula is C22H14Cl3N3O3. The van der Waals surface area contributed by atoms with Crippen molar-refractivity contribution in [1.29, 1.82) is 0 Å². The summed E-state index contributed by atoms with van der Waals surface area (Å²) in [6.45, 7) is 0. The average Bonchev–Trinajstić information content (AvgIpc) is 3.06. The van der Waals surface area contributed by atoms with Crippen LogP contribution in [0.3, 0.4) is 0 Å². The molecule has 1 amide bonds. The van der Waals surface area contributed by atoms with Crippen LogP contribution in [0.4, 0.5) is 11.4 Å². The zero-order valence-corrected chi connectivity index (χ0v) is 18.0. The summed E-state index contributed by atoms with van der Waals surface area (Å²) in [7, 11) is 0. The van der Waals surface area contributed by atoms with E-state index < -0.39 is 17.0 Å². The third-order valence-electron chi connectivity index (χ3n) is 4.77. The smallest absolute Gasteiger partial charge is 0.276 e. The molecule has 1 aliphatic rings. The maximum absolute atomic E-state index is 13.4. The highest BCUT2D eigenvalue weighted by Crippen LogP contribution is 2.43. The molecule has 1 atom stereocenters. The first-order valence-corrected chi connectivity index (χ1v) is 10.2. The molecule has 0 aromatic heterocycles. The molecule has 1 aliphatic heterocycles. The molecule has 6 nitrogen and oxygen atoms in total. The van der Waals surface area contributed by atoms with E-state index >= 15 is 0 Å². The Hall–Kier alpha value is -3.06. The molecule has 1 unspecified atom stereocenters. The number of nitro groups is 1. The lowest BCUT2D eigenvalue weighted by atomic mass is 10.1. The predicted molar refractivity (Wildman–Crippen MR) is 122 cm³/mol. The van der Waals surface area contributed by atoms with Crippen LogP contribution in [0.2, 0.25) is 15.1 Å². The van der Waals surface area contributed by atoms with Crippen LogP contribution < -0.4 is 10.2 Å². The molecule has 0 bridgehead atoms. The summed E-state index contributed by atoms with van der Waals surface area (Å²) < 4.78 is 0. The number of carbonyl (C=O) groups is 1. The Morgan fingerprint density at radius 3 is 2.16 bits per heavy atom. The third kappa shape index (κ3) is 4.10. The van der Waals surface area contributed by atoms with Crippen LogP contribution in [0.15, 0.2) is 72.4 Å². The first kappa shape index (κ1) is 21.2. The van der Waals surface area contributed by atoms with Gasteiger partial charge in [0, 0.05) is 17.2 Å². The topological polar surface area (TPSA) is 75.5 Å². The summed E-state index contributed by atoms with van der Waals surface area (Å²) in [6, 6.07) is 18.7. The van der Waals surface area contributed by atoms with Gasteiger partial charge >= 0.3 is 0 Å². The second kappa shape index (κ2) is 8.59. The van der Waals surface area contributed by atoms with Crippen LogP contribution in [0.1, 0.15) is 17.3 Å². The highest BCUT2D eigenvalue weighted by Gasteiger charge is 2.39. The van der Waals surface area contributed by atoms with E-state index in [0.717, 1.165) is 5.56 Å². The quantitative estimate of drug-likeness (QED) is 0.276. The number of amides is 1. The average molecular weight is 475 g/mol. The van der Waals surface area contributed by atoms with E-state index in [0.29, 0.717) is 10.6 Å². The summed E-state index contributed by atoms with van der Waals surface area (Å²) in [4.78, 5) is 25.4. The van der Waals surface area contributed by atoms with Gasteiger partial charge in [0.05, 0.1) is 20.7 Å². The number of nitro benzene ring substituents is 1. The molecule has 156 valence electrons. The molecule has 3 aromatic carbocycles. The van der Waals surface area contributed by atoms with Gasteiger partial charge < -0.3 is 5.32 Å². The minimum absolute atomic E-state index is 0.00530. The zero-order chi connectivity index (χ0) is 22.1. The molecule has 0 radical (unpaired) electrons. The van der Waals surface area contributed by atoms with E-state index in [2.05, 4.69) is 5.32 Å². The number of hydrogen-bond donors (Lipinski definition) is 1. The summed E-state index contributed by atoms with van der Waals surface area (Å²) in [5.41, 5.74) is 1.65. The number of carbonyl (C=O) groups excluding carboxylic acids is 1. The molecule has 4 rings (SSSR count). The summed E-state index contributed by atoms with van der Waals surface area (Å²) in [6.07, 6.45) is 1.02. The van der Waals surface area contributed by atoms with Crippen LogP contribution in [0, 0.1) is 10.1 Å². The van der Waals surface area contributed by atoms with Gasteiger partial charge in [-0.3, -0.25) is 19.8 Å². The first-order valence-electron chi connectivity index (χ1n) is 9.11. The lowest BCUT2D eigenvalue weighted by Crippen LogP contribution is -2.30. The molecule has 0 aliphatic carbocycles. The van der Waals surface area contributed by atoms with E-state index in [1.54, 1.807) is 24.3 Å². The molecule has 1 N–H and O–H groups in total. The number of halogens is 3. The van der Waals surface area contributed by atoms with Crippen molar-refractivity contribution in [2.24, 2.45) is 0 Å². The van der Waals surface area contributed by atoms with Gasteiger partial charge in [-0.15, -0.1) is 0 Å². The maximum atomic E-state index is 13.4. The first-order chi connectivity index (χ1) is 14.9. The monoisotopic (exact) mass is 473 g/mol. The Morgan fingerprint density at radius 1 is 0.935 bits per heavy atom. The molecule has 31 heavy (non-hydrogen) atoms. The number of nitrogens with one attached hydrogen (secondary N) is 1. The molecule has 9 heteroatoms. The van der Waals surface area contributed by atoms with Gasteiger partial charge in [-0.2, -0.15) is 0 Å². The van der Waals surface area contributed by atoms with Gasteiger partial charge in [-0.1, -0.05) is 83.3 Å². The third-order valence-corrected chi connectivity index (χ3v) is 5.69. The van der Waals surface area contributed by atoms with Crippen molar-refractivity contribution in [2.45, 2.75) is 6.17 Å². The number of non-ortho nitro benzene ring substituents is 1. The van der Waals surface area contributed by atoms with Gasteiger partial charge in [-0.05, 0) is 23.3 Å². The van der Waals surface area contributed by atoms with Crippen LogP contribution in [0.5, 0.6) is 0 Å². The Labute approximate surface area is 192 Å². The Balaban J connectivity index is 1.86. The Bertz CT molecular complexity index is 1190. The van der Waals surface area contributed by atoms with Gasteiger partial charge in [0.2, 0.25) is 0 Å². The number of hydrogen-bond acceptors (Lipinski definition) is 4. The Kier molecular flexibility index (Phi) is 5.87. The lowest BCUT2D eigenvalue weighted by molar-refractivity contribution is -0.384. The van der Waals surface area contributed by atoms with Crippen molar-refractivity contribution in [3.63, 3.8) is 0 Å². The van der Waals surface area contributed by atoms with Crippen molar-refractivity contribution in [3.8, 4) is 0 Å². The van der Waals surface area contributed by atoms with Crippen molar-refractivity contribution in [2.75, 3.05) is 4.90 Å². The number of nitrogens with zero attached hydrogens (tertiary/aromatic N) is 2. The van der Waals surface area contributed by atoms with Crippen LogP contribution in [0.25, 0.3) is 6.08 Å². The van der Waals surface area contributed by atoms with Crippen molar-refractivity contribution in [1.82, 2.24) is 5.32 Å². The van der Waals surface area contributed by atoms with Crippen LogP contribution in [-0.4, -0.2) is 10.8 Å². The maximum Gasteiger partial charge on any atom is 0.276 e. The van der Waals surface area contributed by atoms with Crippen molar-refractivity contribution < 1.29 is 9.72 Å². The number of rotatable bonds is 4. The van der Waals surface area contributed by atoms with Crippen LogP contribution in [-0.2, 0) is 4.79 Å². The second-order valence-electron chi connectivity index (χ2n) is 6.73. The summed E-state index contributed by atoms with van der Waals surface area (Å²) in [5.74, 6) is -0.397. The Morgan fingerprint density at radius 2 is 1.55 bits per heavy atom. The SMILES string of the molecule is O=C1C(=Cc2ccccc2Cl)NC(c2ccccc2)N1c1c(Cl)cc([N+](=O)[O-])cc1Cl. The predicted octanol–water partition coefficient (Wildman–Crippen LogP) is 6.23. The largest absolute Gasteiger partial charge is 0.357 e. The molecule has 3 aromatic rings. The minimum atomic E-state index is -0.626. The molecule has 1 heterocycles. The highest BCUT2D eigenvalue weighted by molar-refractivity contribution is 6.40. The number of benzene rings is 3. The van der Waals surface area contributed by atoms with Gasteiger partial charge in [0.15, 0.2) is 0 Å². The molecule has 0 saturated carbocycles. The lowest BCUT2D eigenvalue weighted by Gasteiger charge is -2.25. The van der Waals surface area contributed by atoms with Gasteiger partial charge in [0.1, 0.15) is 11.9 Å². The fourth-order valence-electron chi connectivity index (χ4n) is 3.36. The standard InChI is InChI=1S/C22H14Cl3N3O3/c23-16-9-5-4-8-14(16)10-19-22(29)27(21(26-19)13-6-2-1-3-7-13)20-17(24)11-15(28(30)31)12-18(20)25/h1-12,21,26H. The van der Waals surface area contributed by atoms with E-state index in [1.807, 2.05) is 36.4 Å². The highest BCUT2D eigenvalue weighted by atomic mass is 35.5. The fourth-order valence-corrected chi connectivity index (χ4v) is 4.21. The van der Waals surface area contributed by atoms with E-state index in [4.69, 9.17) is 34.8 Å². The summed E-state index contributed by atoms with van der Waals surface area (Å²) >= 11 is 19.0. The normalized spacial score (nSPS) is 17.1. The van der Waals surface area contributed by atoms with Gasteiger partial charge in [-0.25, -0.2) is 0 Å². The van der Waals surface area contributed by atoms with Crippen LogP contribution >= 0.6 is 34.8 Å². The molecule has 1 fully saturated rings. The fraction of sp³-hybridized carbons (Fsp3) is 0.0455. The zero-order valence-electron chi connectivity index (χ0n) is 15.8. The van der Waals surface area contributed by atoms with Gasteiger partial charge in [0.25, 0.3) is 11.6 Å².